The predicted molar refractivity (Wildman–Crippen MR) is 82.0 cm³/mol. The van der Waals surface area contributed by atoms with Gasteiger partial charge in [0, 0.05) is 18.0 Å². The van der Waals surface area contributed by atoms with Gasteiger partial charge in [0.25, 0.3) is 0 Å². The van der Waals surface area contributed by atoms with Crippen molar-refractivity contribution in [1.82, 2.24) is 9.78 Å². The fourth-order valence-electron chi connectivity index (χ4n) is 1.88. The molecular formula is C14H17N3O3S. The maximum atomic E-state index is 11.5. The summed E-state index contributed by atoms with van der Waals surface area (Å²) >= 11 is -1.02. The minimum atomic E-state index is -1.02. The summed E-state index contributed by atoms with van der Waals surface area (Å²) in [5.41, 5.74) is 2.21. The molecule has 0 aliphatic heterocycles. The second-order valence-electron chi connectivity index (χ2n) is 4.36. The lowest BCUT2D eigenvalue weighted by Gasteiger charge is -2.13. The third-order valence-corrected chi connectivity index (χ3v) is 3.45. The fraction of sp³-hybridized carbons (Fsp3) is 0.286. The van der Waals surface area contributed by atoms with Crippen molar-refractivity contribution in [2.45, 2.75) is 12.7 Å². The maximum Gasteiger partial charge on any atom is 0.411 e. The van der Waals surface area contributed by atoms with Gasteiger partial charge in [-0.05, 0) is 31.2 Å². The molecule has 2 aromatic rings. The number of hydrogen-bond donors (Lipinski definition) is 1. The highest BCUT2D eigenvalue weighted by molar-refractivity contribution is 7.89. The summed E-state index contributed by atoms with van der Waals surface area (Å²) in [7, 11) is 0. The van der Waals surface area contributed by atoms with E-state index < -0.39 is 17.3 Å². The number of nitrogens with one attached hydrogen (secondary N) is 1. The molecule has 2 rings (SSSR count). The first-order valence-corrected chi connectivity index (χ1v) is 8.19. The molecule has 0 saturated carbocycles. The molecule has 1 N–H and O–H groups in total. The molecule has 1 atom stereocenters. The number of carbonyl (C=O) groups is 1. The standard InChI is InChI=1S/C14H17N3O3S/c1-3-20-14(18)16-13-6-5-12(17-8-4-7-15-17)9-11(13)10-21(2)19/h4-9H,3,10H2,1-2H3,(H,16,18). The molecule has 21 heavy (non-hydrogen) atoms. The lowest BCUT2D eigenvalue weighted by atomic mass is 10.2. The van der Waals surface area contributed by atoms with E-state index in [9.17, 15) is 9.35 Å². The summed E-state index contributed by atoms with van der Waals surface area (Å²) in [5.74, 6) is 0.344. The predicted octanol–water partition coefficient (Wildman–Crippen LogP) is 2.32. The van der Waals surface area contributed by atoms with Gasteiger partial charge in [0.15, 0.2) is 0 Å². The van der Waals surface area contributed by atoms with Crippen LogP contribution in [0.2, 0.25) is 0 Å². The van der Waals surface area contributed by atoms with Crippen molar-refractivity contribution >= 4 is 23.0 Å². The Kier molecular flexibility index (Phi) is 5.24. The smallest absolute Gasteiger partial charge is 0.411 e. The number of anilines is 1. The van der Waals surface area contributed by atoms with Crippen molar-refractivity contribution in [1.29, 1.82) is 0 Å². The summed E-state index contributed by atoms with van der Waals surface area (Å²) in [6.07, 6.45) is 4.60. The van der Waals surface area contributed by atoms with E-state index in [2.05, 4.69) is 10.4 Å². The van der Waals surface area contributed by atoms with Crippen LogP contribution in [0.4, 0.5) is 10.5 Å². The molecule has 1 amide bonds. The topological polar surface area (TPSA) is 79.2 Å². The second-order valence-corrected chi connectivity index (χ2v) is 5.79. The van der Waals surface area contributed by atoms with Crippen molar-refractivity contribution in [2.24, 2.45) is 0 Å². The molecule has 1 aromatic heterocycles. The Bertz CT molecular complexity index is 600. The monoisotopic (exact) mass is 307 g/mol. The highest BCUT2D eigenvalue weighted by Crippen LogP contribution is 2.22. The van der Waals surface area contributed by atoms with Crippen LogP contribution >= 0.6 is 0 Å². The zero-order valence-electron chi connectivity index (χ0n) is 11.9. The summed E-state index contributed by atoms with van der Waals surface area (Å²) < 4.78 is 18.1. The van der Waals surface area contributed by atoms with Crippen LogP contribution in [-0.2, 0) is 21.7 Å². The van der Waals surface area contributed by atoms with E-state index in [1.807, 2.05) is 24.4 Å². The molecule has 0 spiro atoms. The normalized spacial score (nSPS) is 12.0. The van der Waals surface area contributed by atoms with Crippen LogP contribution in [0, 0.1) is 0 Å². The molecule has 0 radical (unpaired) electrons. The minimum absolute atomic E-state index is 0.298. The van der Waals surface area contributed by atoms with Gasteiger partial charge < -0.3 is 9.29 Å². The average molecular weight is 307 g/mol. The second kappa shape index (κ2) is 7.14. The van der Waals surface area contributed by atoms with Gasteiger partial charge in [-0.2, -0.15) is 5.10 Å². The van der Waals surface area contributed by atoms with Gasteiger partial charge in [0.2, 0.25) is 0 Å². The molecule has 7 heteroatoms. The Labute approximate surface area is 126 Å². The molecule has 1 heterocycles. The van der Waals surface area contributed by atoms with E-state index in [1.165, 1.54) is 0 Å². The Morgan fingerprint density at radius 2 is 2.33 bits per heavy atom. The maximum absolute atomic E-state index is 11.5. The Balaban J connectivity index is 2.29. The van der Waals surface area contributed by atoms with Crippen LogP contribution in [0.1, 0.15) is 12.5 Å². The van der Waals surface area contributed by atoms with Crippen molar-refractivity contribution in [3.05, 3.63) is 42.2 Å². The van der Waals surface area contributed by atoms with E-state index in [1.54, 1.807) is 30.1 Å². The fourth-order valence-corrected chi connectivity index (χ4v) is 2.56. The molecule has 0 fully saturated rings. The minimum Gasteiger partial charge on any atom is -0.616 e. The zero-order valence-corrected chi connectivity index (χ0v) is 12.7. The number of ether oxygens (including phenoxy) is 1. The van der Waals surface area contributed by atoms with Crippen molar-refractivity contribution in [2.75, 3.05) is 18.2 Å². The van der Waals surface area contributed by atoms with Crippen LogP contribution < -0.4 is 5.32 Å². The van der Waals surface area contributed by atoms with Crippen LogP contribution in [0.15, 0.2) is 36.7 Å². The molecule has 1 unspecified atom stereocenters. The van der Waals surface area contributed by atoms with Crippen LogP contribution in [0.5, 0.6) is 0 Å². The summed E-state index contributed by atoms with van der Waals surface area (Å²) in [5, 5.41) is 6.82. The Morgan fingerprint density at radius 1 is 1.52 bits per heavy atom. The molecule has 0 aliphatic rings. The van der Waals surface area contributed by atoms with Crippen molar-refractivity contribution in [3.63, 3.8) is 0 Å². The quantitative estimate of drug-likeness (QED) is 0.860. The van der Waals surface area contributed by atoms with Gasteiger partial charge in [-0.25, -0.2) is 9.48 Å². The summed E-state index contributed by atoms with van der Waals surface area (Å²) in [4.78, 5) is 11.5. The first-order chi connectivity index (χ1) is 10.1. The number of aromatic nitrogens is 2. The number of rotatable bonds is 5. The van der Waals surface area contributed by atoms with Crippen molar-refractivity contribution < 1.29 is 14.1 Å². The first-order valence-electron chi connectivity index (χ1n) is 6.47. The van der Waals surface area contributed by atoms with E-state index >= 15 is 0 Å². The Hall–Kier alpha value is -1.99. The molecule has 112 valence electrons. The van der Waals surface area contributed by atoms with E-state index in [0.29, 0.717) is 18.0 Å². The zero-order chi connectivity index (χ0) is 15.2. The van der Waals surface area contributed by atoms with Crippen LogP contribution in [-0.4, -0.2) is 33.3 Å². The van der Waals surface area contributed by atoms with Gasteiger partial charge in [-0.15, -0.1) is 0 Å². The highest BCUT2D eigenvalue weighted by Gasteiger charge is 2.12. The first kappa shape index (κ1) is 15.4. The molecule has 0 bridgehead atoms. The third kappa shape index (κ3) is 4.24. The lowest BCUT2D eigenvalue weighted by molar-refractivity contribution is 0.168. The van der Waals surface area contributed by atoms with Gasteiger partial charge in [-0.1, -0.05) is 11.2 Å². The van der Waals surface area contributed by atoms with E-state index in [4.69, 9.17) is 4.74 Å². The summed E-state index contributed by atoms with van der Waals surface area (Å²) in [6, 6.07) is 7.27. The number of hydrogen-bond acceptors (Lipinski definition) is 4. The largest absolute Gasteiger partial charge is 0.616 e. The van der Waals surface area contributed by atoms with E-state index in [-0.39, 0.29) is 0 Å². The number of nitrogens with zero attached hydrogens (tertiary/aromatic N) is 2. The van der Waals surface area contributed by atoms with Gasteiger partial charge in [0.1, 0.15) is 5.75 Å². The lowest BCUT2D eigenvalue weighted by Crippen LogP contribution is -2.16. The SMILES string of the molecule is CCOC(=O)Nc1ccc(-n2cccn2)cc1C[S+](C)[O-]. The molecule has 0 aliphatic carbocycles. The number of benzene rings is 1. The highest BCUT2D eigenvalue weighted by atomic mass is 32.2. The molecule has 0 saturated heterocycles. The molecule has 1 aromatic carbocycles. The number of carbonyl (C=O) groups excluding carboxylic acids is 1. The van der Waals surface area contributed by atoms with Crippen LogP contribution in [0.3, 0.4) is 0 Å². The number of amides is 1. The van der Waals surface area contributed by atoms with Gasteiger partial charge in [-0.3, -0.25) is 5.32 Å². The van der Waals surface area contributed by atoms with Gasteiger partial charge >= 0.3 is 6.09 Å². The third-order valence-electron chi connectivity index (χ3n) is 2.73. The van der Waals surface area contributed by atoms with E-state index in [0.717, 1.165) is 11.3 Å². The average Bonchev–Trinajstić information content (AvgIpc) is 2.94. The summed E-state index contributed by atoms with van der Waals surface area (Å²) in [6.45, 7) is 2.04. The van der Waals surface area contributed by atoms with Gasteiger partial charge in [0.05, 0.1) is 24.2 Å². The molecular weight excluding hydrogens is 290 g/mol. The van der Waals surface area contributed by atoms with Crippen molar-refractivity contribution in [3.8, 4) is 5.69 Å². The van der Waals surface area contributed by atoms with Crippen LogP contribution in [0.25, 0.3) is 5.69 Å². The Morgan fingerprint density at radius 3 is 2.95 bits per heavy atom. The molecule has 6 nitrogen and oxygen atoms in total.